The number of hydrogen-bond acceptors (Lipinski definition) is 3. The normalized spacial score (nSPS) is 9.14. The smallest absolute Gasteiger partial charge is 0.305 e. The van der Waals surface area contributed by atoms with Gasteiger partial charge in [0.15, 0.2) is 0 Å². The molecule has 3 nitrogen and oxygen atoms in total. The van der Waals surface area contributed by atoms with Crippen LogP contribution in [0, 0.1) is 11.3 Å². The number of carbonyl (C=O) groups excluding carboxylic acids is 1. The molecule has 0 N–H and O–H groups in total. The molecule has 3 heteroatoms. The lowest BCUT2D eigenvalue weighted by Crippen LogP contribution is -2.01. The van der Waals surface area contributed by atoms with Crippen molar-refractivity contribution in [1.29, 1.82) is 5.26 Å². The number of nitriles is 1. The molecule has 0 bridgehead atoms. The van der Waals surface area contributed by atoms with E-state index in [-0.39, 0.29) is 5.97 Å². The lowest BCUT2D eigenvalue weighted by Gasteiger charge is -2.00. The van der Waals surface area contributed by atoms with Crippen molar-refractivity contribution in [2.24, 2.45) is 0 Å². The molecule has 0 heterocycles. The fraction of sp³-hybridized carbons (Fsp3) is 0.273. The van der Waals surface area contributed by atoms with E-state index in [0.29, 0.717) is 18.4 Å². The Bertz CT molecular complexity index is 366. The lowest BCUT2D eigenvalue weighted by molar-refractivity contribution is -0.140. The minimum absolute atomic E-state index is 0.229. The van der Waals surface area contributed by atoms with E-state index < -0.39 is 0 Å². The summed E-state index contributed by atoms with van der Waals surface area (Å²) in [4.78, 5) is 10.9. The van der Waals surface area contributed by atoms with E-state index in [1.54, 1.807) is 12.1 Å². The first-order chi connectivity index (χ1) is 6.76. The van der Waals surface area contributed by atoms with Gasteiger partial charge < -0.3 is 4.74 Å². The molecule has 0 saturated carbocycles. The van der Waals surface area contributed by atoms with Gasteiger partial charge in [0.2, 0.25) is 0 Å². The third-order valence-corrected chi connectivity index (χ3v) is 1.90. The molecule has 0 fully saturated rings. The molecular formula is C11H11NO2. The summed E-state index contributed by atoms with van der Waals surface area (Å²) in [6, 6.07) is 9.27. The fourth-order valence-electron chi connectivity index (χ4n) is 1.14. The van der Waals surface area contributed by atoms with Crippen molar-refractivity contribution in [3.63, 3.8) is 0 Å². The second kappa shape index (κ2) is 5.03. The van der Waals surface area contributed by atoms with E-state index >= 15 is 0 Å². The summed E-state index contributed by atoms with van der Waals surface area (Å²) in [6.07, 6.45) is 0.966. The quantitative estimate of drug-likeness (QED) is 0.679. The second-order valence-corrected chi connectivity index (χ2v) is 2.89. The van der Waals surface area contributed by atoms with Crippen molar-refractivity contribution < 1.29 is 9.53 Å². The number of carbonyl (C=O) groups is 1. The van der Waals surface area contributed by atoms with Gasteiger partial charge in [0.05, 0.1) is 18.7 Å². The van der Waals surface area contributed by atoms with Crippen molar-refractivity contribution in [2.75, 3.05) is 7.11 Å². The molecule has 0 aliphatic rings. The molecule has 0 radical (unpaired) electrons. The number of esters is 1. The average molecular weight is 189 g/mol. The molecule has 0 saturated heterocycles. The Morgan fingerprint density at radius 3 is 3.00 bits per heavy atom. The minimum atomic E-state index is -0.229. The Morgan fingerprint density at radius 2 is 2.36 bits per heavy atom. The van der Waals surface area contributed by atoms with E-state index in [2.05, 4.69) is 10.8 Å². The van der Waals surface area contributed by atoms with Crippen molar-refractivity contribution in [3.05, 3.63) is 35.4 Å². The van der Waals surface area contributed by atoms with Crippen LogP contribution in [0.2, 0.25) is 0 Å². The van der Waals surface area contributed by atoms with Crippen LogP contribution in [0.15, 0.2) is 24.3 Å². The molecule has 14 heavy (non-hydrogen) atoms. The summed E-state index contributed by atoms with van der Waals surface area (Å²) in [5.41, 5.74) is 1.60. The zero-order valence-electron chi connectivity index (χ0n) is 7.99. The Kier molecular flexibility index (Phi) is 3.69. The van der Waals surface area contributed by atoms with Crippen LogP contribution in [0.25, 0.3) is 0 Å². The molecule has 1 aromatic rings. The lowest BCUT2D eigenvalue weighted by atomic mass is 10.1. The predicted molar refractivity (Wildman–Crippen MR) is 51.5 cm³/mol. The van der Waals surface area contributed by atoms with Crippen LogP contribution in [0.4, 0.5) is 0 Å². The largest absolute Gasteiger partial charge is 0.469 e. The SMILES string of the molecule is COC(=O)CCc1cccc(C#N)c1. The number of hydrogen-bond donors (Lipinski definition) is 0. The Morgan fingerprint density at radius 1 is 1.57 bits per heavy atom. The maximum absolute atomic E-state index is 10.9. The van der Waals surface area contributed by atoms with Gasteiger partial charge in [-0.15, -0.1) is 0 Å². The van der Waals surface area contributed by atoms with Crippen LogP contribution < -0.4 is 0 Å². The summed E-state index contributed by atoms with van der Waals surface area (Å²) in [5, 5.41) is 8.64. The highest BCUT2D eigenvalue weighted by molar-refractivity contribution is 5.69. The van der Waals surface area contributed by atoms with Gasteiger partial charge in [-0.2, -0.15) is 5.26 Å². The van der Waals surface area contributed by atoms with Gasteiger partial charge in [-0.1, -0.05) is 12.1 Å². The van der Waals surface area contributed by atoms with Gasteiger partial charge in [0.25, 0.3) is 0 Å². The van der Waals surface area contributed by atoms with Crippen LogP contribution in [-0.2, 0) is 16.0 Å². The molecule has 0 amide bonds. The molecule has 1 rings (SSSR count). The Balaban J connectivity index is 2.60. The monoisotopic (exact) mass is 189 g/mol. The summed E-state index contributed by atoms with van der Waals surface area (Å²) < 4.78 is 4.52. The number of rotatable bonds is 3. The second-order valence-electron chi connectivity index (χ2n) is 2.89. The topological polar surface area (TPSA) is 50.1 Å². The molecule has 72 valence electrons. The molecule has 0 aromatic heterocycles. The highest BCUT2D eigenvalue weighted by Crippen LogP contribution is 2.06. The average Bonchev–Trinajstić information content (AvgIpc) is 2.26. The van der Waals surface area contributed by atoms with E-state index in [1.165, 1.54) is 7.11 Å². The number of nitrogens with zero attached hydrogens (tertiary/aromatic N) is 1. The molecule has 1 aromatic carbocycles. The van der Waals surface area contributed by atoms with Crippen molar-refractivity contribution in [3.8, 4) is 6.07 Å². The summed E-state index contributed by atoms with van der Waals surface area (Å²) in [5.74, 6) is -0.229. The van der Waals surface area contributed by atoms with Gasteiger partial charge in [-0.25, -0.2) is 0 Å². The van der Waals surface area contributed by atoms with Gasteiger partial charge in [0.1, 0.15) is 0 Å². The minimum Gasteiger partial charge on any atom is -0.469 e. The van der Waals surface area contributed by atoms with Gasteiger partial charge >= 0.3 is 5.97 Å². The number of ether oxygens (including phenoxy) is 1. The Labute approximate surface area is 82.9 Å². The first-order valence-electron chi connectivity index (χ1n) is 4.32. The van der Waals surface area contributed by atoms with Gasteiger partial charge in [-0.05, 0) is 24.1 Å². The summed E-state index contributed by atoms with van der Waals surface area (Å²) in [6.45, 7) is 0. The molecule has 0 spiro atoms. The van der Waals surface area contributed by atoms with E-state index in [0.717, 1.165) is 5.56 Å². The first-order valence-corrected chi connectivity index (χ1v) is 4.32. The Hall–Kier alpha value is -1.82. The summed E-state index contributed by atoms with van der Waals surface area (Å²) in [7, 11) is 1.37. The van der Waals surface area contributed by atoms with Crippen LogP contribution in [0.1, 0.15) is 17.5 Å². The zero-order chi connectivity index (χ0) is 10.4. The highest BCUT2D eigenvalue weighted by atomic mass is 16.5. The first kappa shape index (κ1) is 10.3. The van der Waals surface area contributed by atoms with Gasteiger partial charge in [0, 0.05) is 6.42 Å². The highest BCUT2D eigenvalue weighted by Gasteiger charge is 2.01. The van der Waals surface area contributed by atoms with Crippen molar-refractivity contribution in [1.82, 2.24) is 0 Å². The van der Waals surface area contributed by atoms with Crippen LogP contribution in [0.5, 0.6) is 0 Å². The molecule has 0 atom stereocenters. The van der Waals surface area contributed by atoms with Crippen molar-refractivity contribution in [2.45, 2.75) is 12.8 Å². The van der Waals surface area contributed by atoms with Crippen LogP contribution in [-0.4, -0.2) is 13.1 Å². The number of aryl methyl sites for hydroxylation is 1. The van der Waals surface area contributed by atoms with Crippen LogP contribution in [0.3, 0.4) is 0 Å². The third-order valence-electron chi connectivity index (χ3n) is 1.90. The van der Waals surface area contributed by atoms with Crippen LogP contribution >= 0.6 is 0 Å². The zero-order valence-corrected chi connectivity index (χ0v) is 7.99. The molecule has 0 aliphatic heterocycles. The molecule has 0 aliphatic carbocycles. The molecular weight excluding hydrogens is 178 g/mol. The van der Waals surface area contributed by atoms with E-state index in [9.17, 15) is 4.79 Å². The number of benzene rings is 1. The molecule has 0 unspecified atom stereocenters. The van der Waals surface area contributed by atoms with E-state index in [1.807, 2.05) is 12.1 Å². The van der Waals surface area contributed by atoms with E-state index in [4.69, 9.17) is 5.26 Å². The fourth-order valence-corrected chi connectivity index (χ4v) is 1.14. The maximum Gasteiger partial charge on any atom is 0.305 e. The summed E-state index contributed by atoms with van der Waals surface area (Å²) >= 11 is 0. The predicted octanol–water partition coefficient (Wildman–Crippen LogP) is 1.66. The maximum atomic E-state index is 10.9. The van der Waals surface area contributed by atoms with Gasteiger partial charge in [-0.3, -0.25) is 4.79 Å². The van der Waals surface area contributed by atoms with Crippen molar-refractivity contribution >= 4 is 5.97 Å². The third kappa shape index (κ3) is 2.91. The standard InChI is InChI=1S/C11H11NO2/c1-14-11(13)6-5-9-3-2-4-10(7-9)8-12/h2-4,7H,5-6H2,1H3. The number of methoxy groups -OCH3 is 1.